The van der Waals surface area contributed by atoms with Crippen LogP contribution in [0.3, 0.4) is 0 Å². The maximum Gasteiger partial charge on any atom is 0.272 e. The van der Waals surface area contributed by atoms with Crippen molar-refractivity contribution < 1.29 is 4.92 Å². The van der Waals surface area contributed by atoms with Crippen molar-refractivity contribution >= 4 is 11.4 Å². The Hall–Kier alpha value is -1.62. The first-order valence-electron chi connectivity index (χ1n) is 3.79. The average molecular weight is 181 g/mol. The van der Waals surface area contributed by atoms with Crippen LogP contribution in [0.4, 0.5) is 11.4 Å². The van der Waals surface area contributed by atoms with Gasteiger partial charge in [-0.3, -0.25) is 16.0 Å². The largest absolute Gasteiger partial charge is 0.324 e. The molecule has 1 rings (SSSR count). The fourth-order valence-electron chi connectivity index (χ4n) is 1.16. The number of benzene rings is 1. The summed E-state index contributed by atoms with van der Waals surface area (Å²) in [5, 5.41) is 10.5. The molecule has 0 aliphatic rings. The molecular formula is C8H11N3O2. The molecule has 5 heteroatoms. The molecule has 0 aliphatic carbocycles. The molecule has 1 aromatic carbocycles. The minimum atomic E-state index is -0.400. The summed E-state index contributed by atoms with van der Waals surface area (Å²) in [6, 6.07) is 3.04. The van der Waals surface area contributed by atoms with Gasteiger partial charge >= 0.3 is 0 Å². The molecule has 70 valence electrons. The zero-order chi connectivity index (χ0) is 10.0. The molecule has 0 saturated carbocycles. The Morgan fingerprint density at radius 3 is 2.46 bits per heavy atom. The van der Waals surface area contributed by atoms with Gasteiger partial charge in [-0.1, -0.05) is 0 Å². The van der Waals surface area contributed by atoms with E-state index in [0.29, 0.717) is 11.3 Å². The van der Waals surface area contributed by atoms with Gasteiger partial charge in [-0.25, -0.2) is 0 Å². The third-order valence-corrected chi connectivity index (χ3v) is 2.11. The van der Waals surface area contributed by atoms with Crippen molar-refractivity contribution in [1.29, 1.82) is 0 Å². The topological polar surface area (TPSA) is 81.2 Å². The Labute approximate surface area is 75.7 Å². The molecule has 0 bridgehead atoms. The summed E-state index contributed by atoms with van der Waals surface area (Å²) in [7, 11) is 0. The van der Waals surface area contributed by atoms with Crippen molar-refractivity contribution in [1.82, 2.24) is 0 Å². The molecule has 0 amide bonds. The first kappa shape index (κ1) is 9.47. The van der Waals surface area contributed by atoms with Gasteiger partial charge < -0.3 is 5.43 Å². The number of nitrogens with zero attached hydrogens (tertiary/aromatic N) is 1. The molecule has 0 aromatic heterocycles. The van der Waals surface area contributed by atoms with E-state index in [2.05, 4.69) is 5.43 Å². The van der Waals surface area contributed by atoms with Crippen LogP contribution < -0.4 is 11.3 Å². The van der Waals surface area contributed by atoms with Gasteiger partial charge in [0, 0.05) is 11.6 Å². The van der Waals surface area contributed by atoms with E-state index in [4.69, 9.17) is 5.84 Å². The molecule has 0 heterocycles. The van der Waals surface area contributed by atoms with Gasteiger partial charge in [-0.15, -0.1) is 0 Å². The lowest BCUT2D eigenvalue weighted by Crippen LogP contribution is -2.09. The first-order valence-corrected chi connectivity index (χ1v) is 3.79. The van der Waals surface area contributed by atoms with Crippen molar-refractivity contribution in [2.75, 3.05) is 5.43 Å². The van der Waals surface area contributed by atoms with Gasteiger partial charge in [0.05, 0.1) is 10.6 Å². The zero-order valence-corrected chi connectivity index (χ0v) is 7.50. The molecule has 0 unspecified atom stereocenters. The molecule has 0 fully saturated rings. The van der Waals surface area contributed by atoms with Crippen LogP contribution in [0.1, 0.15) is 11.1 Å². The van der Waals surface area contributed by atoms with Gasteiger partial charge in [0.25, 0.3) is 5.69 Å². The highest BCUT2D eigenvalue weighted by Crippen LogP contribution is 2.26. The van der Waals surface area contributed by atoms with Crippen molar-refractivity contribution in [3.05, 3.63) is 33.4 Å². The first-order chi connectivity index (χ1) is 6.07. The van der Waals surface area contributed by atoms with Gasteiger partial charge in [0.15, 0.2) is 0 Å². The molecular weight excluding hydrogens is 170 g/mol. The maximum atomic E-state index is 10.5. The lowest BCUT2D eigenvalue weighted by Gasteiger charge is -2.07. The predicted octanol–water partition coefficient (Wildman–Crippen LogP) is 1.50. The Bertz CT molecular complexity index is 349. The Morgan fingerprint density at radius 2 is 2.00 bits per heavy atom. The zero-order valence-electron chi connectivity index (χ0n) is 7.50. The number of nitro benzene ring substituents is 1. The normalized spacial score (nSPS) is 9.77. The number of nitrogens with one attached hydrogen (secondary N) is 1. The number of nitrogen functional groups attached to an aromatic ring is 1. The van der Waals surface area contributed by atoms with Crippen molar-refractivity contribution in [2.45, 2.75) is 13.8 Å². The average Bonchev–Trinajstić information content (AvgIpc) is 2.09. The highest BCUT2D eigenvalue weighted by molar-refractivity contribution is 5.59. The van der Waals surface area contributed by atoms with E-state index in [-0.39, 0.29) is 5.69 Å². The van der Waals surface area contributed by atoms with Crippen LogP contribution in [0.15, 0.2) is 12.1 Å². The van der Waals surface area contributed by atoms with Crippen LogP contribution >= 0.6 is 0 Å². The predicted molar refractivity (Wildman–Crippen MR) is 50.4 cm³/mol. The summed E-state index contributed by atoms with van der Waals surface area (Å²) < 4.78 is 0. The van der Waals surface area contributed by atoms with Crippen molar-refractivity contribution in [3.63, 3.8) is 0 Å². The van der Waals surface area contributed by atoms with Gasteiger partial charge in [0.1, 0.15) is 0 Å². The molecule has 1 aromatic rings. The van der Waals surface area contributed by atoms with E-state index in [1.165, 1.54) is 6.07 Å². The third-order valence-electron chi connectivity index (χ3n) is 2.11. The maximum absolute atomic E-state index is 10.5. The monoisotopic (exact) mass is 181 g/mol. The van der Waals surface area contributed by atoms with Crippen molar-refractivity contribution in [3.8, 4) is 0 Å². The van der Waals surface area contributed by atoms with Gasteiger partial charge in [0.2, 0.25) is 0 Å². The summed E-state index contributed by atoms with van der Waals surface area (Å²) in [6.45, 7) is 3.49. The van der Waals surface area contributed by atoms with Gasteiger partial charge in [-0.2, -0.15) is 0 Å². The second-order valence-corrected chi connectivity index (χ2v) is 2.78. The second-order valence-electron chi connectivity index (χ2n) is 2.78. The summed E-state index contributed by atoms with van der Waals surface area (Å²) in [6.07, 6.45) is 0. The van der Waals surface area contributed by atoms with Gasteiger partial charge in [-0.05, 0) is 25.5 Å². The number of nitrogens with two attached hydrogens (primary N) is 1. The molecule has 0 saturated heterocycles. The molecule has 0 atom stereocenters. The fourth-order valence-corrected chi connectivity index (χ4v) is 1.16. The van der Waals surface area contributed by atoms with E-state index in [1.807, 2.05) is 0 Å². The molecule has 0 radical (unpaired) electrons. The minimum absolute atomic E-state index is 0.122. The Balaban J connectivity index is 3.31. The summed E-state index contributed by atoms with van der Waals surface area (Å²) in [5.74, 6) is 5.23. The van der Waals surface area contributed by atoms with Crippen LogP contribution in [0.2, 0.25) is 0 Å². The van der Waals surface area contributed by atoms with Crippen LogP contribution in [-0.2, 0) is 0 Å². The van der Waals surface area contributed by atoms with Crippen LogP contribution in [-0.4, -0.2) is 4.92 Å². The number of hydrogen-bond donors (Lipinski definition) is 2. The summed E-state index contributed by atoms with van der Waals surface area (Å²) in [4.78, 5) is 10.1. The smallest absolute Gasteiger partial charge is 0.272 e. The lowest BCUT2D eigenvalue weighted by molar-refractivity contribution is -0.385. The van der Waals surface area contributed by atoms with Crippen LogP contribution in [0.25, 0.3) is 0 Å². The third kappa shape index (κ3) is 1.59. The van der Waals surface area contributed by atoms with Crippen LogP contribution in [0, 0.1) is 24.0 Å². The number of nitro groups is 1. The van der Waals surface area contributed by atoms with E-state index in [0.717, 1.165) is 5.56 Å². The number of anilines is 1. The molecule has 0 spiro atoms. The molecule has 5 nitrogen and oxygen atoms in total. The Kier molecular flexibility index (Phi) is 2.48. The molecule has 0 aliphatic heterocycles. The van der Waals surface area contributed by atoms with E-state index in [9.17, 15) is 10.1 Å². The lowest BCUT2D eigenvalue weighted by atomic mass is 10.1. The van der Waals surface area contributed by atoms with Crippen LogP contribution in [0.5, 0.6) is 0 Å². The SMILES string of the molecule is Cc1c(NN)ccc([N+](=O)[O-])c1C. The number of rotatable bonds is 2. The summed E-state index contributed by atoms with van der Waals surface area (Å²) >= 11 is 0. The Morgan fingerprint density at radius 1 is 1.38 bits per heavy atom. The second kappa shape index (κ2) is 3.40. The summed E-state index contributed by atoms with van der Waals surface area (Å²) in [5.41, 5.74) is 4.75. The van der Waals surface area contributed by atoms with Crippen molar-refractivity contribution in [2.24, 2.45) is 5.84 Å². The molecule has 13 heavy (non-hydrogen) atoms. The highest BCUT2D eigenvalue weighted by atomic mass is 16.6. The number of hydrazine groups is 1. The molecule has 3 N–H and O–H groups in total. The van der Waals surface area contributed by atoms with E-state index < -0.39 is 4.92 Å². The van der Waals surface area contributed by atoms with E-state index in [1.54, 1.807) is 19.9 Å². The van der Waals surface area contributed by atoms with E-state index >= 15 is 0 Å². The minimum Gasteiger partial charge on any atom is -0.324 e. The fraction of sp³-hybridized carbons (Fsp3) is 0.250. The number of hydrogen-bond acceptors (Lipinski definition) is 4. The quantitative estimate of drug-likeness (QED) is 0.411. The standard InChI is InChI=1S/C8H11N3O2/c1-5-6(2)8(11(12)13)4-3-7(5)10-9/h3-4,10H,9H2,1-2H3. The highest BCUT2D eigenvalue weighted by Gasteiger charge is 2.13.